The van der Waals surface area contributed by atoms with Crippen LogP contribution in [0.15, 0.2) is 24.3 Å². The number of phenolic OH excluding ortho intramolecular Hbond substituents is 1. The molecule has 0 unspecified atom stereocenters. The Morgan fingerprint density at radius 3 is 2.82 bits per heavy atom. The highest BCUT2D eigenvalue weighted by molar-refractivity contribution is 5.79. The molecule has 0 aliphatic heterocycles. The van der Waals surface area contributed by atoms with E-state index in [1.807, 2.05) is 11.0 Å². The lowest BCUT2D eigenvalue weighted by Crippen LogP contribution is -2.34. The van der Waals surface area contributed by atoms with Crippen molar-refractivity contribution in [3.05, 3.63) is 29.8 Å². The first-order valence-electron chi connectivity index (χ1n) is 6.28. The summed E-state index contributed by atoms with van der Waals surface area (Å²) in [6.07, 6.45) is 3.69. The Balaban J connectivity index is 1.99. The zero-order chi connectivity index (χ0) is 12.3. The average Bonchev–Trinajstić information content (AvgIpc) is 3.09. The maximum Gasteiger partial charge on any atom is 0.227 e. The van der Waals surface area contributed by atoms with E-state index < -0.39 is 0 Å². The summed E-state index contributed by atoms with van der Waals surface area (Å²) in [5, 5.41) is 9.36. The summed E-state index contributed by atoms with van der Waals surface area (Å²) in [4.78, 5) is 14.1. The van der Waals surface area contributed by atoms with E-state index in [0.717, 1.165) is 31.4 Å². The molecule has 17 heavy (non-hydrogen) atoms. The van der Waals surface area contributed by atoms with Crippen molar-refractivity contribution in [1.82, 2.24) is 4.90 Å². The minimum absolute atomic E-state index is 0.181. The number of carbonyl (C=O) groups is 1. The Bertz CT molecular complexity index is 399. The van der Waals surface area contributed by atoms with Gasteiger partial charge in [-0.1, -0.05) is 19.1 Å². The lowest BCUT2D eigenvalue weighted by molar-refractivity contribution is -0.131. The lowest BCUT2D eigenvalue weighted by Gasteiger charge is -2.21. The summed E-state index contributed by atoms with van der Waals surface area (Å²) in [5.74, 6) is 0.406. The second kappa shape index (κ2) is 5.21. The Labute approximate surface area is 102 Å². The van der Waals surface area contributed by atoms with Gasteiger partial charge in [-0.3, -0.25) is 4.79 Å². The van der Waals surface area contributed by atoms with Crippen LogP contribution in [0.3, 0.4) is 0 Å². The van der Waals surface area contributed by atoms with Gasteiger partial charge in [0, 0.05) is 12.6 Å². The molecule has 1 amide bonds. The second-order valence-electron chi connectivity index (χ2n) is 4.66. The zero-order valence-electron chi connectivity index (χ0n) is 10.2. The van der Waals surface area contributed by atoms with Gasteiger partial charge in [0.05, 0.1) is 6.42 Å². The molecule has 0 spiro atoms. The number of rotatable bonds is 5. The van der Waals surface area contributed by atoms with Crippen molar-refractivity contribution < 1.29 is 9.90 Å². The molecule has 0 bridgehead atoms. The zero-order valence-corrected chi connectivity index (χ0v) is 10.2. The van der Waals surface area contributed by atoms with Crippen molar-refractivity contribution in [3.8, 4) is 5.75 Å². The van der Waals surface area contributed by atoms with Gasteiger partial charge < -0.3 is 10.0 Å². The van der Waals surface area contributed by atoms with Gasteiger partial charge in [0.1, 0.15) is 5.75 Å². The predicted molar refractivity (Wildman–Crippen MR) is 66.8 cm³/mol. The van der Waals surface area contributed by atoms with Crippen molar-refractivity contribution >= 4 is 5.91 Å². The number of aromatic hydroxyl groups is 1. The topological polar surface area (TPSA) is 40.5 Å². The van der Waals surface area contributed by atoms with Gasteiger partial charge in [-0.25, -0.2) is 0 Å². The molecule has 2 rings (SSSR count). The molecule has 0 radical (unpaired) electrons. The molecule has 1 fully saturated rings. The van der Waals surface area contributed by atoms with Crippen LogP contribution in [0.5, 0.6) is 5.75 Å². The Kier molecular flexibility index (Phi) is 3.67. The SMILES string of the molecule is CCCN(C(=O)Cc1cccc(O)c1)C1CC1. The van der Waals surface area contributed by atoms with Crippen LogP contribution in [0.4, 0.5) is 0 Å². The third-order valence-corrected chi connectivity index (χ3v) is 3.04. The van der Waals surface area contributed by atoms with Gasteiger partial charge in [-0.05, 0) is 37.0 Å². The number of amides is 1. The highest BCUT2D eigenvalue weighted by atomic mass is 16.3. The number of carbonyl (C=O) groups excluding carboxylic acids is 1. The highest BCUT2D eigenvalue weighted by Crippen LogP contribution is 2.27. The van der Waals surface area contributed by atoms with Crippen LogP contribution in [0.2, 0.25) is 0 Å². The number of hydrogen-bond donors (Lipinski definition) is 1. The molecule has 0 saturated heterocycles. The fourth-order valence-electron chi connectivity index (χ4n) is 2.08. The second-order valence-corrected chi connectivity index (χ2v) is 4.66. The van der Waals surface area contributed by atoms with Crippen molar-refractivity contribution in [1.29, 1.82) is 0 Å². The molecule has 0 aromatic heterocycles. The first kappa shape index (κ1) is 12.0. The number of hydrogen-bond acceptors (Lipinski definition) is 2. The summed E-state index contributed by atoms with van der Waals surface area (Å²) in [6, 6.07) is 7.42. The minimum Gasteiger partial charge on any atom is -0.508 e. The molecular formula is C14H19NO2. The highest BCUT2D eigenvalue weighted by Gasteiger charge is 2.31. The molecule has 1 aliphatic rings. The van der Waals surface area contributed by atoms with Crippen LogP contribution in [0, 0.1) is 0 Å². The van der Waals surface area contributed by atoms with Crippen LogP contribution in [0.1, 0.15) is 31.7 Å². The summed E-state index contributed by atoms with van der Waals surface area (Å²) in [7, 11) is 0. The van der Waals surface area contributed by atoms with Crippen LogP contribution >= 0.6 is 0 Å². The molecule has 1 aromatic carbocycles. The summed E-state index contributed by atoms with van der Waals surface area (Å²) in [5.41, 5.74) is 0.886. The van der Waals surface area contributed by atoms with E-state index in [1.54, 1.807) is 18.2 Å². The average molecular weight is 233 g/mol. The molecule has 1 saturated carbocycles. The van der Waals surface area contributed by atoms with Gasteiger partial charge in [0.25, 0.3) is 0 Å². The van der Waals surface area contributed by atoms with E-state index in [9.17, 15) is 9.90 Å². The van der Waals surface area contributed by atoms with E-state index in [0.29, 0.717) is 12.5 Å². The van der Waals surface area contributed by atoms with Gasteiger partial charge in [0.2, 0.25) is 5.91 Å². The summed E-state index contributed by atoms with van der Waals surface area (Å²) < 4.78 is 0. The van der Waals surface area contributed by atoms with Gasteiger partial charge in [-0.15, -0.1) is 0 Å². The summed E-state index contributed by atoms with van der Waals surface area (Å²) in [6.45, 7) is 2.94. The van der Waals surface area contributed by atoms with E-state index in [2.05, 4.69) is 6.92 Å². The molecule has 1 N–H and O–H groups in total. The van der Waals surface area contributed by atoms with E-state index in [-0.39, 0.29) is 11.7 Å². The number of phenols is 1. The van der Waals surface area contributed by atoms with E-state index in [1.165, 1.54) is 0 Å². The number of benzene rings is 1. The maximum absolute atomic E-state index is 12.1. The molecule has 92 valence electrons. The Hall–Kier alpha value is -1.51. The fourth-order valence-corrected chi connectivity index (χ4v) is 2.08. The van der Waals surface area contributed by atoms with Gasteiger partial charge in [0.15, 0.2) is 0 Å². The largest absolute Gasteiger partial charge is 0.508 e. The maximum atomic E-state index is 12.1. The first-order chi connectivity index (χ1) is 8.20. The molecule has 0 heterocycles. The normalized spacial score (nSPS) is 14.6. The quantitative estimate of drug-likeness (QED) is 0.848. The van der Waals surface area contributed by atoms with Gasteiger partial charge in [-0.2, -0.15) is 0 Å². The van der Waals surface area contributed by atoms with E-state index >= 15 is 0 Å². The smallest absolute Gasteiger partial charge is 0.227 e. The predicted octanol–water partition coefficient (Wildman–Crippen LogP) is 2.34. The third-order valence-electron chi connectivity index (χ3n) is 3.04. The molecular weight excluding hydrogens is 214 g/mol. The summed E-state index contributed by atoms with van der Waals surface area (Å²) >= 11 is 0. The fraction of sp³-hybridized carbons (Fsp3) is 0.500. The Morgan fingerprint density at radius 1 is 1.47 bits per heavy atom. The van der Waals surface area contributed by atoms with Crippen LogP contribution in [-0.4, -0.2) is 28.5 Å². The van der Waals surface area contributed by atoms with Gasteiger partial charge >= 0.3 is 0 Å². The van der Waals surface area contributed by atoms with Crippen LogP contribution in [-0.2, 0) is 11.2 Å². The van der Waals surface area contributed by atoms with Crippen molar-refractivity contribution in [2.24, 2.45) is 0 Å². The molecule has 1 aliphatic carbocycles. The number of nitrogens with zero attached hydrogens (tertiary/aromatic N) is 1. The third kappa shape index (κ3) is 3.22. The lowest BCUT2D eigenvalue weighted by atomic mass is 10.1. The van der Waals surface area contributed by atoms with Crippen LogP contribution in [0.25, 0.3) is 0 Å². The van der Waals surface area contributed by atoms with E-state index in [4.69, 9.17) is 0 Å². The van der Waals surface area contributed by atoms with Crippen molar-refractivity contribution in [2.45, 2.75) is 38.6 Å². The van der Waals surface area contributed by atoms with Crippen molar-refractivity contribution in [2.75, 3.05) is 6.54 Å². The monoisotopic (exact) mass is 233 g/mol. The van der Waals surface area contributed by atoms with Crippen LogP contribution < -0.4 is 0 Å². The standard InChI is InChI=1S/C14H19NO2/c1-2-8-15(12-6-7-12)14(17)10-11-4-3-5-13(16)9-11/h3-5,9,12,16H,2,6-8,10H2,1H3. The molecule has 1 aromatic rings. The molecule has 0 atom stereocenters. The van der Waals surface area contributed by atoms with Crippen molar-refractivity contribution in [3.63, 3.8) is 0 Å². The minimum atomic E-state index is 0.181. The first-order valence-corrected chi connectivity index (χ1v) is 6.28. The molecule has 3 nitrogen and oxygen atoms in total. The Morgan fingerprint density at radius 2 is 2.24 bits per heavy atom. The molecule has 3 heteroatoms.